The second-order valence-corrected chi connectivity index (χ2v) is 8.71. The van der Waals surface area contributed by atoms with Gasteiger partial charge in [0, 0.05) is 12.8 Å². The smallest absolute Gasteiger partial charge is 0.308 e. The van der Waals surface area contributed by atoms with E-state index < -0.39 is 0 Å². The van der Waals surface area contributed by atoms with E-state index in [-0.39, 0.29) is 30.4 Å². The third kappa shape index (κ3) is 10.1. The second kappa shape index (κ2) is 14.2. The molecule has 0 radical (unpaired) electrons. The topological polar surface area (TPSA) is 55.8 Å². The molecule has 1 unspecified atom stereocenters. The normalized spacial score (nSPS) is 25.8. The lowest BCUT2D eigenvalue weighted by Gasteiger charge is -2.37. The predicted octanol–water partition coefficient (Wildman–Crippen LogP) is 5.86. The van der Waals surface area contributed by atoms with Crippen LogP contribution in [-0.2, 0) is 14.3 Å². The quantitative estimate of drug-likeness (QED) is 0.215. The van der Waals surface area contributed by atoms with Gasteiger partial charge in [-0.1, -0.05) is 76.9 Å². The van der Waals surface area contributed by atoms with Crippen molar-refractivity contribution in [2.75, 3.05) is 0 Å². The number of aliphatic hydroxyl groups is 1. The van der Waals surface area contributed by atoms with Crippen molar-refractivity contribution >= 4 is 5.97 Å². The number of aliphatic hydroxyl groups excluding tert-OH is 1. The molecule has 4 atom stereocenters. The van der Waals surface area contributed by atoms with E-state index in [1.165, 1.54) is 64.2 Å². The lowest BCUT2D eigenvalue weighted by molar-refractivity contribution is -0.179. The van der Waals surface area contributed by atoms with Crippen LogP contribution < -0.4 is 0 Å². The Morgan fingerprint density at radius 3 is 2.36 bits per heavy atom. The SMILES string of the molecule is CCCCCCC(O)CCCCCCCC/C=C/[C@H]1C[C@@H]2C[C@H](CC(=O)O2)O1. The first-order valence-corrected chi connectivity index (χ1v) is 11.9. The lowest BCUT2D eigenvalue weighted by atomic mass is 9.96. The molecule has 4 heteroatoms. The highest BCUT2D eigenvalue weighted by atomic mass is 16.6. The summed E-state index contributed by atoms with van der Waals surface area (Å²) in [6.45, 7) is 2.22. The fourth-order valence-corrected chi connectivity index (χ4v) is 4.33. The van der Waals surface area contributed by atoms with Crippen LogP contribution in [0.5, 0.6) is 0 Å². The number of carbonyl (C=O) groups excluding carboxylic acids is 1. The highest BCUT2D eigenvalue weighted by Gasteiger charge is 2.36. The maximum Gasteiger partial charge on any atom is 0.308 e. The summed E-state index contributed by atoms with van der Waals surface area (Å²) in [5, 5.41) is 9.98. The molecule has 0 saturated carbocycles. The van der Waals surface area contributed by atoms with Crippen LogP contribution in [0.1, 0.15) is 110 Å². The van der Waals surface area contributed by atoms with Gasteiger partial charge in [0.25, 0.3) is 0 Å². The van der Waals surface area contributed by atoms with Gasteiger partial charge in [0.1, 0.15) is 6.10 Å². The number of hydrogen-bond donors (Lipinski definition) is 1. The van der Waals surface area contributed by atoms with Crippen LogP contribution in [0.25, 0.3) is 0 Å². The van der Waals surface area contributed by atoms with E-state index in [9.17, 15) is 9.90 Å². The largest absolute Gasteiger partial charge is 0.462 e. The number of allylic oxidation sites excluding steroid dienone is 1. The summed E-state index contributed by atoms with van der Waals surface area (Å²) in [6, 6.07) is 0. The molecular formula is C24H42O4. The minimum absolute atomic E-state index is 0.0597. The average Bonchev–Trinajstić information content (AvgIpc) is 2.66. The van der Waals surface area contributed by atoms with Gasteiger partial charge >= 0.3 is 5.97 Å². The monoisotopic (exact) mass is 394 g/mol. The first-order chi connectivity index (χ1) is 13.7. The molecule has 0 aliphatic carbocycles. The molecule has 2 fully saturated rings. The summed E-state index contributed by atoms with van der Waals surface area (Å²) >= 11 is 0. The molecule has 162 valence electrons. The van der Waals surface area contributed by atoms with E-state index in [2.05, 4.69) is 19.1 Å². The van der Waals surface area contributed by atoms with Crippen molar-refractivity contribution in [2.24, 2.45) is 0 Å². The van der Waals surface area contributed by atoms with Gasteiger partial charge in [-0.25, -0.2) is 0 Å². The molecule has 1 N–H and O–H groups in total. The predicted molar refractivity (Wildman–Crippen MR) is 113 cm³/mol. The van der Waals surface area contributed by atoms with Crippen LogP contribution in [-0.4, -0.2) is 35.5 Å². The molecule has 2 heterocycles. The van der Waals surface area contributed by atoms with E-state index in [4.69, 9.17) is 9.47 Å². The Balaban J connectivity index is 1.38. The molecule has 2 aliphatic rings. The Morgan fingerprint density at radius 2 is 1.64 bits per heavy atom. The highest BCUT2D eigenvalue weighted by molar-refractivity contribution is 5.71. The zero-order valence-corrected chi connectivity index (χ0v) is 17.9. The van der Waals surface area contributed by atoms with Gasteiger partial charge in [0.05, 0.1) is 24.7 Å². The molecule has 4 nitrogen and oxygen atoms in total. The number of rotatable bonds is 15. The van der Waals surface area contributed by atoms with Gasteiger partial charge in [-0.3, -0.25) is 4.79 Å². The number of hydrogen-bond acceptors (Lipinski definition) is 4. The van der Waals surface area contributed by atoms with Gasteiger partial charge < -0.3 is 14.6 Å². The van der Waals surface area contributed by atoms with Gasteiger partial charge in [0.2, 0.25) is 0 Å². The van der Waals surface area contributed by atoms with Crippen molar-refractivity contribution in [3.05, 3.63) is 12.2 Å². The fraction of sp³-hybridized carbons (Fsp3) is 0.875. The molecule has 0 aromatic carbocycles. The molecule has 0 aromatic heterocycles. The maximum absolute atomic E-state index is 11.4. The van der Waals surface area contributed by atoms with E-state index in [1.807, 2.05) is 0 Å². The van der Waals surface area contributed by atoms with Crippen molar-refractivity contribution < 1.29 is 19.4 Å². The van der Waals surface area contributed by atoms with E-state index in [0.717, 1.165) is 32.1 Å². The maximum atomic E-state index is 11.4. The van der Waals surface area contributed by atoms with E-state index in [0.29, 0.717) is 6.42 Å². The highest BCUT2D eigenvalue weighted by Crippen LogP contribution is 2.29. The second-order valence-electron chi connectivity index (χ2n) is 8.71. The van der Waals surface area contributed by atoms with Crippen molar-refractivity contribution in [3.63, 3.8) is 0 Å². The summed E-state index contributed by atoms with van der Waals surface area (Å²) in [5.41, 5.74) is 0. The zero-order valence-electron chi connectivity index (χ0n) is 17.9. The van der Waals surface area contributed by atoms with Crippen molar-refractivity contribution in [1.82, 2.24) is 0 Å². The molecule has 28 heavy (non-hydrogen) atoms. The molecule has 0 aromatic rings. The van der Waals surface area contributed by atoms with Crippen LogP contribution in [0.15, 0.2) is 12.2 Å². The third-order valence-corrected chi connectivity index (χ3v) is 5.98. The minimum atomic E-state index is -0.106. The third-order valence-electron chi connectivity index (χ3n) is 5.98. The molecule has 2 saturated heterocycles. The molecule has 0 spiro atoms. The Hall–Kier alpha value is -0.870. The summed E-state index contributed by atoms with van der Waals surface area (Å²) in [5.74, 6) is -0.106. The number of ether oxygens (including phenoxy) is 2. The molecule has 2 bridgehead atoms. The van der Waals surface area contributed by atoms with Crippen LogP contribution in [0.3, 0.4) is 0 Å². The first kappa shape index (κ1) is 23.4. The van der Waals surface area contributed by atoms with Crippen LogP contribution >= 0.6 is 0 Å². The molecule has 2 aliphatic heterocycles. The Morgan fingerprint density at radius 1 is 0.964 bits per heavy atom. The van der Waals surface area contributed by atoms with Gasteiger partial charge in [-0.2, -0.15) is 0 Å². The van der Waals surface area contributed by atoms with Crippen molar-refractivity contribution in [2.45, 2.75) is 134 Å². The Bertz CT molecular complexity index is 432. The van der Waals surface area contributed by atoms with Gasteiger partial charge in [0.15, 0.2) is 0 Å². The van der Waals surface area contributed by atoms with Crippen LogP contribution in [0.2, 0.25) is 0 Å². The number of fused-ring (bicyclic) bond motifs is 2. The van der Waals surface area contributed by atoms with E-state index in [1.54, 1.807) is 0 Å². The standard InChI is InChI=1S/C24H42O4/c1-2-3-4-11-14-20(25)15-12-9-7-5-6-8-10-13-16-21-17-22-18-23(27-21)19-24(26)28-22/h13,16,20-23,25H,2-12,14-15,17-19H2,1H3/b16-13+/t20?,21-,22+,23+/m0/s1. The summed E-state index contributed by atoms with van der Waals surface area (Å²) < 4.78 is 11.3. The summed E-state index contributed by atoms with van der Waals surface area (Å²) in [6.07, 6.45) is 22.2. The number of carbonyl (C=O) groups is 1. The van der Waals surface area contributed by atoms with Gasteiger partial charge in [-0.05, 0) is 25.7 Å². The lowest BCUT2D eigenvalue weighted by Crippen LogP contribution is -2.43. The minimum Gasteiger partial charge on any atom is -0.462 e. The van der Waals surface area contributed by atoms with Crippen molar-refractivity contribution in [3.8, 4) is 0 Å². The number of unbranched alkanes of at least 4 members (excludes halogenated alkanes) is 9. The average molecular weight is 395 g/mol. The van der Waals surface area contributed by atoms with Gasteiger partial charge in [-0.15, -0.1) is 0 Å². The fourth-order valence-electron chi connectivity index (χ4n) is 4.33. The zero-order chi connectivity index (χ0) is 20.0. The van der Waals surface area contributed by atoms with E-state index >= 15 is 0 Å². The first-order valence-electron chi connectivity index (χ1n) is 11.9. The summed E-state index contributed by atoms with van der Waals surface area (Å²) in [7, 11) is 0. The molecule has 0 amide bonds. The number of esters is 1. The Labute approximate surface area is 172 Å². The van der Waals surface area contributed by atoms with Crippen LogP contribution in [0.4, 0.5) is 0 Å². The molecular weight excluding hydrogens is 352 g/mol. The van der Waals surface area contributed by atoms with Crippen LogP contribution in [0, 0.1) is 0 Å². The van der Waals surface area contributed by atoms with Crippen molar-refractivity contribution in [1.29, 1.82) is 0 Å². The molecule has 2 rings (SSSR count). The summed E-state index contributed by atoms with van der Waals surface area (Å²) in [4.78, 5) is 11.4. The Kier molecular flexibility index (Phi) is 11.8.